The Kier molecular flexibility index (Phi) is 3.01. The van der Waals surface area contributed by atoms with Gasteiger partial charge < -0.3 is 0 Å². The van der Waals surface area contributed by atoms with Gasteiger partial charge in [-0.1, -0.05) is 18.6 Å². The van der Waals surface area contributed by atoms with Gasteiger partial charge >= 0.3 is 0 Å². The van der Waals surface area contributed by atoms with Crippen molar-refractivity contribution in [3.8, 4) is 0 Å². The van der Waals surface area contributed by atoms with Gasteiger partial charge in [-0.2, -0.15) is 0 Å². The van der Waals surface area contributed by atoms with Crippen LogP contribution >= 0.6 is 0 Å². The summed E-state index contributed by atoms with van der Waals surface area (Å²) >= 11 is 0. The smallest absolute Gasteiger partial charge is 0.258 e. The van der Waals surface area contributed by atoms with Gasteiger partial charge in [0.2, 0.25) is 0 Å². The lowest BCUT2D eigenvalue weighted by atomic mass is 10.1. The van der Waals surface area contributed by atoms with Crippen molar-refractivity contribution in [1.29, 1.82) is 0 Å². The van der Waals surface area contributed by atoms with E-state index in [-0.39, 0.29) is 10.6 Å². The van der Waals surface area contributed by atoms with E-state index in [9.17, 15) is 10.1 Å². The lowest BCUT2D eigenvalue weighted by molar-refractivity contribution is -0.385. The zero-order chi connectivity index (χ0) is 9.84. The third kappa shape index (κ3) is 2.28. The lowest BCUT2D eigenvalue weighted by Crippen LogP contribution is -1.95. The van der Waals surface area contributed by atoms with Crippen molar-refractivity contribution in [2.75, 3.05) is 0 Å². The average Bonchev–Trinajstić information content (AvgIpc) is 2.04. The number of nitro benzene ring substituents is 1. The van der Waals surface area contributed by atoms with E-state index in [4.69, 9.17) is 0 Å². The first-order valence-corrected chi connectivity index (χ1v) is 4.18. The number of rotatable bonds is 3. The van der Waals surface area contributed by atoms with Crippen LogP contribution in [0.4, 0.5) is 5.69 Å². The maximum absolute atomic E-state index is 10.6. The van der Waals surface area contributed by atoms with Gasteiger partial charge in [-0.3, -0.25) is 10.1 Å². The Morgan fingerprint density at radius 1 is 1.54 bits per heavy atom. The largest absolute Gasteiger partial charge is 0.272 e. The van der Waals surface area contributed by atoms with E-state index in [0.29, 0.717) is 12.8 Å². The van der Waals surface area contributed by atoms with Gasteiger partial charge in [0.25, 0.3) is 5.69 Å². The first kappa shape index (κ1) is 9.71. The van der Waals surface area contributed by atoms with E-state index < -0.39 is 0 Å². The number of nitrogens with zero attached hydrogens (tertiary/aromatic N) is 1. The minimum absolute atomic E-state index is 0.203. The quantitative estimate of drug-likeness (QED) is 0.527. The molecule has 0 bridgehead atoms. The molecule has 0 aliphatic rings. The first-order valence-electron chi connectivity index (χ1n) is 4.18. The Morgan fingerprint density at radius 2 is 2.23 bits per heavy atom. The molecule has 1 radical (unpaired) electrons. The van der Waals surface area contributed by atoms with Crippen molar-refractivity contribution in [3.63, 3.8) is 0 Å². The summed E-state index contributed by atoms with van der Waals surface area (Å²) in [5.41, 5.74) is 2.03. The van der Waals surface area contributed by atoms with Crippen molar-refractivity contribution in [2.24, 2.45) is 0 Å². The molecule has 0 aliphatic carbocycles. The second-order valence-corrected chi connectivity index (χ2v) is 2.99. The topological polar surface area (TPSA) is 43.1 Å². The molecule has 0 fully saturated rings. The molecule has 0 amide bonds. The predicted molar refractivity (Wildman–Crippen MR) is 51.5 cm³/mol. The highest BCUT2D eigenvalue weighted by Crippen LogP contribution is 2.20. The first-order chi connectivity index (χ1) is 6.15. The van der Waals surface area contributed by atoms with Crippen LogP contribution in [0.15, 0.2) is 18.2 Å². The molecule has 0 atom stereocenters. The van der Waals surface area contributed by atoms with Gasteiger partial charge in [0.1, 0.15) is 0 Å². The number of hydrogen-bond acceptors (Lipinski definition) is 2. The molecule has 0 spiro atoms. The number of hydrogen-bond donors (Lipinski definition) is 0. The van der Waals surface area contributed by atoms with E-state index in [2.05, 4.69) is 6.92 Å². The Balaban J connectivity index is 3.10. The zero-order valence-corrected chi connectivity index (χ0v) is 7.62. The van der Waals surface area contributed by atoms with E-state index in [1.165, 1.54) is 0 Å². The second kappa shape index (κ2) is 4.03. The van der Waals surface area contributed by atoms with E-state index >= 15 is 0 Å². The molecule has 0 N–H and O–H groups in total. The van der Waals surface area contributed by atoms with E-state index in [0.717, 1.165) is 11.1 Å². The van der Waals surface area contributed by atoms with Gasteiger partial charge in [0.05, 0.1) is 4.92 Å². The van der Waals surface area contributed by atoms with Crippen molar-refractivity contribution < 1.29 is 4.92 Å². The fourth-order valence-electron chi connectivity index (χ4n) is 1.28. The van der Waals surface area contributed by atoms with Crippen molar-refractivity contribution in [1.82, 2.24) is 0 Å². The Hall–Kier alpha value is -1.38. The molecule has 1 rings (SSSR count). The van der Waals surface area contributed by atoms with Crippen LogP contribution in [0.2, 0.25) is 0 Å². The normalized spacial score (nSPS) is 10.0. The van der Waals surface area contributed by atoms with Crippen molar-refractivity contribution in [2.45, 2.75) is 19.8 Å². The van der Waals surface area contributed by atoms with E-state index in [1.54, 1.807) is 12.1 Å². The number of benzene rings is 1. The van der Waals surface area contributed by atoms with Crippen molar-refractivity contribution >= 4 is 5.69 Å². The molecule has 0 aromatic heterocycles. The lowest BCUT2D eigenvalue weighted by Gasteiger charge is -2.01. The average molecular weight is 178 g/mol. The summed E-state index contributed by atoms with van der Waals surface area (Å²) in [4.78, 5) is 10.3. The summed E-state index contributed by atoms with van der Waals surface area (Å²) in [5.74, 6) is 0. The van der Waals surface area contributed by atoms with Gasteiger partial charge in [-0.15, -0.1) is 0 Å². The van der Waals surface area contributed by atoms with Gasteiger partial charge in [0, 0.05) is 11.6 Å². The van der Waals surface area contributed by atoms with Gasteiger partial charge in [0.15, 0.2) is 0 Å². The summed E-state index contributed by atoms with van der Waals surface area (Å²) in [6.07, 6.45) is 1.35. The molecule has 0 heterocycles. The third-order valence-electron chi connectivity index (χ3n) is 1.88. The van der Waals surface area contributed by atoms with Crippen molar-refractivity contribution in [3.05, 3.63) is 46.4 Å². The highest BCUT2D eigenvalue weighted by Gasteiger charge is 2.11. The minimum atomic E-state index is -0.343. The molecule has 0 saturated heterocycles. The Morgan fingerprint density at radius 3 is 2.77 bits per heavy atom. The number of nitro groups is 1. The Labute approximate surface area is 77.5 Å². The van der Waals surface area contributed by atoms with Crippen LogP contribution in [-0.4, -0.2) is 4.92 Å². The fourth-order valence-corrected chi connectivity index (χ4v) is 1.28. The van der Waals surface area contributed by atoms with Crippen LogP contribution in [0.5, 0.6) is 0 Å². The SMILES string of the molecule is [CH2]CCc1cc(C)ccc1[N+](=O)[O-]. The van der Waals surface area contributed by atoms with Crippen LogP contribution in [0, 0.1) is 24.0 Å². The second-order valence-electron chi connectivity index (χ2n) is 2.99. The molecule has 3 heteroatoms. The van der Waals surface area contributed by atoms with Gasteiger partial charge in [-0.05, 0) is 25.8 Å². The minimum Gasteiger partial charge on any atom is -0.258 e. The van der Waals surface area contributed by atoms with Crippen LogP contribution in [-0.2, 0) is 6.42 Å². The third-order valence-corrected chi connectivity index (χ3v) is 1.88. The maximum atomic E-state index is 10.6. The van der Waals surface area contributed by atoms with Crippen LogP contribution in [0.25, 0.3) is 0 Å². The summed E-state index contributed by atoms with van der Waals surface area (Å²) in [6, 6.07) is 5.16. The number of aryl methyl sites for hydroxylation is 2. The molecule has 0 saturated carbocycles. The summed E-state index contributed by atoms with van der Waals surface area (Å²) in [7, 11) is 0. The van der Waals surface area contributed by atoms with E-state index in [1.807, 2.05) is 13.0 Å². The summed E-state index contributed by atoms with van der Waals surface area (Å²) < 4.78 is 0. The highest BCUT2D eigenvalue weighted by atomic mass is 16.6. The molecular formula is C10H12NO2. The standard InChI is InChI=1S/C10H12NO2/c1-3-4-9-7-8(2)5-6-10(9)11(12)13/h5-7H,1,3-4H2,2H3. The van der Waals surface area contributed by atoms with Crippen LogP contribution in [0.1, 0.15) is 17.5 Å². The molecule has 69 valence electrons. The predicted octanol–water partition coefficient (Wildman–Crippen LogP) is 2.67. The zero-order valence-electron chi connectivity index (χ0n) is 7.62. The van der Waals surface area contributed by atoms with Gasteiger partial charge in [-0.25, -0.2) is 0 Å². The highest BCUT2D eigenvalue weighted by molar-refractivity contribution is 5.42. The monoisotopic (exact) mass is 178 g/mol. The Bertz CT molecular complexity index is 321. The summed E-state index contributed by atoms with van der Waals surface area (Å²) in [5, 5.41) is 10.6. The van der Waals surface area contributed by atoms with Crippen LogP contribution in [0.3, 0.4) is 0 Å². The molecule has 1 aromatic rings. The van der Waals surface area contributed by atoms with Crippen LogP contribution < -0.4 is 0 Å². The fraction of sp³-hybridized carbons (Fsp3) is 0.300. The maximum Gasteiger partial charge on any atom is 0.272 e. The molecule has 3 nitrogen and oxygen atoms in total. The molecule has 13 heavy (non-hydrogen) atoms. The summed E-state index contributed by atoms with van der Waals surface area (Å²) in [6.45, 7) is 5.62. The molecule has 0 unspecified atom stereocenters. The molecular weight excluding hydrogens is 166 g/mol. The molecule has 1 aromatic carbocycles. The molecule has 0 aliphatic heterocycles.